The van der Waals surface area contributed by atoms with E-state index >= 15 is 0 Å². The number of aliphatic hydroxyl groups is 1. The van der Waals surface area contributed by atoms with Crippen LogP contribution in [-0.2, 0) is 19.4 Å². The van der Waals surface area contributed by atoms with Gasteiger partial charge in [0.15, 0.2) is 0 Å². The van der Waals surface area contributed by atoms with Gasteiger partial charge in [-0.2, -0.15) is 0 Å². The highest BCUT2D eigenvalue weighted by atomic mass is 16.5. The molecular formula is C22H23NO2. The molecule has 0 heterocycles. The molecule has 0 saturated heterocycles. The fourth-order valence-corrected chi connectivity index (χ4v) is 3.91. The van der Waals surface area contributed by atoms with Crippen molar-refractivity contribution in [1.29, 1.82) is 0 Å². The number of methoxy groups -OCH3 is 1. The topological polar surface area (TPSA) is 41.5 Å². The molecule has 0 unspecified atom stereocenters. The Morgan fingerprint density at radius 3 is 2.36 bits per heavy atom. The molecule has 0 amide bonds. The van der Waals surface area contributed by atoms with E-state index in [1.165, 1.54) is 21.9 Å². The van der Waals surface area contributed by atoms with Gasteiger partial charge in [0, 0.05) is 31.5 Å². The molecule has 25 heavy (non-hydrogen) atoms. The van der Waals surface area contributed by atoms with Crippen LogP contribution in [0, 0.1) is 0 Å². The Labute approximate surface area is 148 Å². The highest BCUT2D eigenvalue weighted by molar-refractivity contribution is 5.87. The van der Waals surface area contributed by atoms with Gasteiger partial charge in [-0.05, 0) is 28.0 Å². The van der Waals surface area contributed by atoms with Gasteiger partial charge in [-0.15, -0.1) is 0 Å². The third-order valence-electron chi connectivity index (χ3n) is 5.13. The summed E-state index contributed by atoms with van der Waals surface area (Å²) in [6.45, 7) is 1.23. The molecule has 0 fully saturated rings. The first-order chi connectivity index (χ1) is 12.2. The molecule has 3 aromatic carbocycles. The van der Waals surface area contributed by atoms with Gasteiger partial charge in [-0.1, -0.05) is 54.6 Å². The quantitative estimate of drug-likeness (QED) is 0.751. The summed E-state index contributed by atoms with van der Waals surface area (Å²) in [7, 11) is 1.70. The van der Waals surface area contributed by atoms with Crippen LogP contribution in [0.25, 0.3) is 10.8 Å². The van der Waals surface area contributed by atoms with E-state index in [-0.39, 0.29) is 0 Å². The summed E-state index contributed by atoms with van der Waals surface area (Å²) in [6, 6.07) is 20.7. The molecule has 3 nitrogen and oxygen atoms in total. The number of nitrogens with one attached hydrogen (secondary N) is 1. The van der Waals surface area contributed by atoms with Crippen molar-refractivity contribution >= 4 is 10.8 Å². The van der Waals surface area contributed by atoms with Crippen molar-refractivity contribution in [1.82, 2.24) is 5.32 Å². The molecule has 0 aliphatic heterocycles. The number of hydrogen-bond acceptors (Lipinski definition) is 3. The molecule has 0 spiro atoms. The number of benzene rings is 3. The minimum absolute atomic E-state index is 0.564. The van der Waals surface area contributed by atoms with Gasteiger partial charge in [0.25, 0.3) is 0 Å². The molecular weight excluding hydrogens is 310 g/mol. The second-order valence-corrected chi connectivity index (χ2v) is 6.92. The van der Waals surface area contributed by atoms with Crippen LogP contribution in [0.2, 0.25) is 0 Å². The number of hydrogen-bond donors (Lipinski definition) is 2. The van der Waals surface area contributed by atoms with Gasteiger partial charge in [-0.25, -0.2) is 0 Å². The fourth-order valence-electron chi connectivity index (χ4n) is 3.91. The molecule has 0 radical (unpaired) electrons. The van der Waals surface area contributed by atoms with Gasteiger partial charge in [0.2, 0.25) is 0 Å². The predicted octanol–water partition coefficient (Wildman–Crippen LogP) is 3.47. The predicted molar refractivity (Wildman–Crippen MR) is 101 cm³/mol. The fraction of sp³-hybridized carbons (Fsp3) is 0.273. The highest BCUT2D eigenvalue weighted by Gasteiger charge is 2.34. The summed E-state index contributed by atoms with van der Waals surface area (Å²) in [5.74, 6) is 0.882. The number of fused-ring (bicyclic) bond motifs is 2. The molecule has 0 aromatic heterocycles. The SMILES string of the molecule is COc1ccc2ccccc2c1CNCC1(O)Cc2ccccc2C1. The van der Waals surface area contributed by atoms with Crippen molar-refractivity contribution < 1.29 is 9.84 Å². The van der Waals surface area contributed by atoms with Crippen LogP contribution in [0.1, 0.15) is 16.7 Å². The number of rotatable bonds is 5. The maximum absolute atomic E-state index is 10.9. The van der Waals surface area contributed by atoms with Crippen molar-refractivity contribution in [2.45, 2.75) is 25.0 Å². The van der Waals surface area contributed by atoms with Crippen LogP contribution < -0.4 is 10.1 Å². The van der Waals surface area contributed by atoms with Crippen molar-refractivity contribution in [3.05, 3.63) is 77.4 Å². The summed E-state index contributed by atoms with van der Waals surface area (Å²) in [5.41, 5.74) is 2.95. The molecule has 3 heteroatoms. The molecule has 0 saturated carbocycles. The third kappa shape index (κ3) is 3.13. The first-order valence-electron chi connectivity index (χ1n) is 8.73. The van der Waals surface area contributed by atoms with E-state index in [1.54, 1.807) is 7.11 Å². The first kappa shape index (κ1) is 16.1. The normalized spacial score (nSPS) is 15.3. The van der Waals surface area contributed by atoms with Crippen LogP contribution in [0.4, 0.5) is 0 Å². The molecule has 3 aromatic rings. The molecule has 0 bridgehead atoms. The average Bonchev–Trinajstić information content (AvgIpc) is 2.98. The maximum Gasteiger partial charge on any atom is 0.123 e. The summed E-state index contributed by atoms with van der Waals surface area (Å²) >= 11 is 0. The van der Waals surface area contributed by atoms with Gasteiger partial charge in [0.1, 0.15) is 5.75 Å². The van der Waals surface area contributed by atoms with Gasteiger partial charge in [-0.3, -0.25) is 0 Å². The Kier molecular flexibility index (Phi) is 4.20. The Balaban J connectivity index is 1.50. The van der Waals surface area contributed by atoms with Crippen molar-refractivity contribution in [3.8, 4) is 5.75 Å². The molecule has 0 atom stereocenters. The lowest BCUT2D eigenvalue weighted by atomic mass is 9.99. The Hall–Kier alpha value is -2.36. The van der Waals surface area contributed by atoms with E-state index < -0.39 is 5.60 Å². The molecule has 2 N–H and O–H groups in total. The van der Waals surface area contributed by atoms with Crippen LogP contribution in [0.5, 0.6) is 5.75 Å². The summed E-state index contributed by atoms with van der Waals surface area (Å²) in [5, 5.41) is 16.8. The lowest BCUT2D eigenvalue weighted by Crippen LogP contribution is -2.41. The lowest BCUT2D eigenvalue weighted by molar-refractivity contribution is 0.0510. The minimum Gasteiger partial charge on any atom is -0.496 e. The molecule has 4 rings (SSSR count). The van der Waals surface area contributed by atoms with E-state index in [1.807, 2.05) is 30.3 Å². The molecule has 128 valence electrons. The zero-order chi connectivity index (χ0) is 17.3. The van der Waals surface area contributed by atoms with Crippen LogP contribution in [-0.4, -0.2) is 24.4 Å². The van der Waals surface area contributed by atoms with Gasteiger partial charge < -0.3 is 15.2 Å². The monoisotopic (exact) mass is 333 g/mol. The summed E-state index contributed by atoms with van der Waals surface area (Å²) < 4.78 is 5.55. The van der Waals surface area contributed by atoms with E-state index in [0.29, 0.717) is 25.9 Å². The lowest BCUT2D eigenvalue weighted by Gasteiger charge is -2.23. The van der Waals surface area contributed by atoms with E-state index in [2.05, 4.69) is 35.6 Å². The number of ether oxygens (including phenoxy) is 1. The van der Waals surface area contributed by atoms with E-state index in [9.17, 15) is 5.11 Å². The Morgan fingerprint density at radius 1 is 0.960 bits per heavy atom. The molecule has 1 aliphatic carbocycles. The third-order valence-corrected chi connectivity index (χ3v) is 5.13. The zero-order valence-corrected chi connectivity index (χ0v) is 14.5. The Bertz CT molecular complexity index is 878. The van der Waals surface area contributed by atoms with Crippen LogP contribution in [0.3, 0.4) is 0 Å². The molecule has 1 aliphatic rings. The van der Waals surface area contributed by atoms with Crippen LogP contribution >= 0.6 is 0 Å². The zero-order valence-electron chi connectivity index (χ0n) is 14.5. The highest BCUT2D eigenvalue weighted by Crippen LogP contribution is 2.31. The smallest absolute Gasteiger partial charge is 0.123 e. The van der Waals surface area contributed by atoms with E-state index in [4.69, 9.17) is 4.74 Å². The second kappa shape index (κ2) is 6.51. The summed E-state index contributed by atoms with van der Waals surface area (Å²) in [6.07, 6.45) is 1.42. The minimum atomic E-state index is -0.707. The van der Waals surface area contributed by atoms with Crippen molar-refractivity contribution in [3.63, 3.8) is 0 Å². The van der Waals surface area contributed by atoms with Crippen molar-refractivity contribution in [2.75, 3.05) is 13.7 Å². The average molecular weight is 333 g/mol. The van der Waals surface area contributed by atoms with Crippen molar-refractivity contribution in [2.24, 2.45) is 0 Å². The summed E-state index contributed by atoms with van der Waals surface area (Å²) in [4.78, 5) is 0. The van der Waals surface area contributed by atoms with Crippen LogP contribution in [0.15, 0.2) is 60.7 Å². The standard InChI is InChI=1S/C22H23NO2/c1-25-21-11-10-16-6-4-5-9-19(16)20(21)14-23-15-22(24)12-17-7-2-3-8-18(17)13-22/h2-11,23-24H,12-15H2,1H3. The van der Waals surface area contributed by atoms with E-state index in [0.717, 1.165) is 11.3 Å². The van der Waals surface area contributed by atoms with Gasteiger partial charge in [0.05, 0.1) is 12.7 Å². The largest absolute Gasteiger partial charge is 0.496 e. The Morgan fingerprint density at radius 2 is 1.64 bits per heavy atom. The first-order valence-corrected chi connectivity index (χ1v) is 8.73. The van der Waals surface area contributed by atoms with Gasteiger partial charge >= 0.3 is 0 Å². The maximum atomic E-state index is 10.9. The second-order valence-electron chi connectivity index (χ2n) is 6.92.